The van der Waals surface area contributed by atoms with Crippen LogP contribution in [0.15, 0.2) is 84.9 Å². The Balaban J connectivity index is 1.78. The first kappa shape index (κ1) is 16.7. The minimum absolute atomic E-state index is 0.258. The summed E-state index contributed by atoms with van der Waals surface area (Å²) in [6, 6.07) is 25.7. The number of hydrogen-bond donors (Lipinski definition) is 1. The molecule has 130 valence electrons. The SMILES string of the molecule is O=CC1c2ccccc2C(O)(c2ccccc2)N1OCc1ccccc1. The number of aliphatic hydroxyl groups is 1. The molecule has 0 spiro atoms. The summed E-state index contributed by atoms with van der Waals surface area (Å²) in [4.78, 5) is 17.9. The monoisotopic (exact) mass is 345 g/mol. The van der Waals surface area contributed by atoms with Crippen LogP contribution in [0, 0.1) is 0 Å². The highest BCUT2D eigenvalue weighted by molar-refractivity contribution is 5.66. The standard InChI is InChI=1S/C22H19NO3/c24-15-21-19-13-7-8-14-20(19)22(25,18-11-5-2-6-12-18)23(21)26-16-17-9-3-1-4-10-17/h1-15,21,25H,16H2. The minimum Gasteiger partial charge on any atom is -0.366 e. The second kappa shape index (κ2) is 6.84. The van der Waals surface area contributed by atoms with E-state index < -0.39 is 11.8 Å². The molecule has 0 fully saturated rings. The highest BCUT2D eigenvalue weighted by Crippen LogP contribution is 2.47. The van der Waals surface area contributed by atoms with Crippen molar-refractivity contribution in [3.63, 3.8) is 0 Å². The molecule has 1 heterocycles. The highest BCUT2D eigenvalue weighted by atomic mass is 16.7. The maximum Gasteiger partial charge on any atom is 0.194 e. The van der Waals surface area contributed by atoms with Gasteiger partial charge in [0.15, 0.2) is 5.72 Å². The minimum atomic E-state index is -1.53. The number of carbonyl (C=O) groups is 1. The Morgan fingerprint density at radius 3 is 2.23 bits per heavy atom. The van der Waals surface area contributed by atoms with Gasteiger partial charge in [0.2, 0.25) is 0 Å². The average Bonchev–Trinajstić information content (AvgIpc) is 2.97. The number of benzene rings is 3. The molecule has 4 heteroatoms. The van der Waals surface area contributed by atoms with Gasteiger partial charge in [0.1, 0.15) is 12.3 Å². The molecule has 2 unspecified atom stereocenters. The first-order chi connectivity index (χ1) is 12.7. The maximum absolute atomic E-state index is 11.9. The Morgan fingerprint density at radius 1 is 0.923 bits per heavy atom. The molecule has 0 aliphatic carbocycles. The van der Waals surface area contributed by atoms with Crippen molar-refractivity contribution in [3.05, 3.63) is 107 Å². The predicted octanol–water partition coefficient (Wildman–Crippen LogP) is 3.57. The lowest BCUT2D eigenvalue weighted by molar-refractivity contribution is -0.294. The van der Waals surface area contributed by atoms with E-state index in [1.807, 2.05) is 84.9 Å². The van der Waals surface area contributed by atoms with E-state index in [0.717, 1.165) is 17.4 Å². The zero-order valence-electron chi connectivity index (χ0n) is 14.2. The molecule has 1 aliphatic rings. The third kappa shape index (κ3) is 2.65. The third-order valence-electron chi connectivity index (χ3n) is 4.74. The van der Waals surface area contributed by atoms with E-state index in [9.17, 15) is 9.90 Å². The fraction of sp³-hybridized carbons (Fsp3) is 0.136. The largest absolute Gasteiger partial charge is 0.366 e. The first-order valence-corrected chi connectivity index (χ1v) is 8.54. The zero-order chi connectivity index (χ0) is 18.0. The molecule has 2 atom stereocenters. The molecule has 3 aromatic rings. The van der Waals surface area contributed by atoms with Crippen LogP contribution in [0.2, 0.25) is 0 Å². The molecule has 0 bridgehead atoms. The van der Waals surface area contributed by atoms with E-state index in [2.05, 4.69) is 0 Å². The third-order valence-corrected chi connectivity index (χ3v) is 4.74. The Kier molecular flexibility index (Phi) is 4.39. The molecule has 0 radical (unpaired) electrons. The fourth-order valence-electron chi connectivity index (χ4n) is 3.49. The number of hydrogen-bond acceptors (Lipinski definition) is 4. The summed E-state index contributed by atoms with van der Waals surface area (Å²) in [5.41, 5.74) is 1.50. The molecule has 0 saturated carbocycles. The van der Waals surface area contributed by atoms with Crippen LogP contribution in [-0.2, 0) is 22.0 Å². The van der Waals surface area contributed by atoms with Crippen LogP contribution < -0.4 is 0 Å². The lowest BCUT2D eigenvalue weighted by atomic mass is 9.94. The quantitative estimate of drug-likeness (QED) is 0.718. The van der Waals surface area contributed by atoms with Crippen molar-refractivity contribution < 1.29 is 14.7 Å². The van der Waals surface area contributed by atoms with Crippen molar-refractivity contribution in [1.82, 2.24) is 5.06 Å². The molecule has 1 aliphatic heterocycles. The Morgan fingerprint density at radius 2 is 1.54 bits per heavy atom. The summed E-state index contributed by atoms with van der Waals surface area (Å²) in [5.74, 6) is 0. The number of carbonyl (C=O) groups excluding carboxylic acids is 1. The van der Waals surface area contributed by atoms with Crippen LogP contribution in [0.4, 0.5) is 0 Å². The zero-order valence-corrected chi connectivity index (χ0v) is 14.2. The molecular weight excluding hydrogens is 326 g/mol. The summed E-state index contributed by atoms with van der Waals surface area (Å²) in [5, 5.41) is 13.1. The van der Waals surface area contributed by atoms with E-state index in [4.69, 9.17) is 4.84 Å². The normalized spacial score (nSPS) is 22.1. The van der Waals surface area contributed by atoms with Crippen molar-refractivity contribution in [3.8, 4) is 0 Å². The Labute approximate surface area is 152 Å². The highest BCUT2D eigenvalue weighted by Gasteiger charge is 2.51. The van der Waals surface area contributed by atoms with Crippen LogP contribution in [0.25, 0.3) is 0 Å². The van der Waals surface area contributed by atoms with Gasteiger partial charge in [0.05, 0.1) is 6.61 Å². The molecule has 1 N–H and O–H groups in total. The maximum atomic E-state index is 11.9. The van der Waals surface area contributed by atoms with Crippen molar-refractivity contribution >= 4 is 6.29 Å². The summed E-state index contributed by atoms with van der Waals surface area (Å²) >= 11 is 0. The van der Waals surface area contributed by atoms with Gasteiger partial charge in [-0.2, -0.15) is 0 Å². The van der Waals surface area contributed by atoms with E-state index in [1.165, 1.54) is 5.06 Å². The van der Waals surface area contributed by atoms with Gasteiger partial charge >= 0.3 is 0 Å². The van der Waals surface area contributed by atoms with E-state index in [0.29, 0.717) is 11.1 Å². The number of fused-ring (bicyclic) bond motifs is 1. The second-order valence-corrected chi connectivity index (χ2v) is 6.29. The smallest absolute Gasteiger partial charge is 0.194 e. The topological polar surface area (TPSA) is 49.8 Å². The summed E-state index contributed by atoms with van der Waals surface area (Å²) in [7, 11) is 0. The average molecular weight is 345 g/mol. The van der Waals surface area contributed by atoms with Crippen LogP contribution in [0.5, 0.6) is 0 Å². The van der Waals surface area contributed by atoms with Gasteiger partial charge in [0, 0.05) is 11.1 Å². The van der Waals surface area contributed by atoms with Crippen molar-refractivity contribution in [2.24, 2.45) is 0 Å². The van der Waals surface area contributed by atoms with Crippen LogP contribution in [-0.4, -0.2) is 16.5 Å². The van der Waals surface area contributed by atoms with Gasteiger partial charge in [-0.15, -0.1) is 5.06 Å². The van der Waals surface area contributed by atoms with Gasteiger partial charge in [-0.05, 0) is 11.1 Å². The summed E-state index contributed by atoms with van der Waals surface area (Å²) < 4.78 is 0. The van der Waals surface area contributed by atoms with Crippen molar-refractivity contribution in [2.75, 3.05) is 0 Å². The molecular formula is C22H19NO3. The van der Waals surface area contributed by atoms with E-state index in [-0.39, 0.29) is 6.61 Å². The molecule has 4 rings (SSSR count). The van der Waals surface area contributed by atoms with Crippen molar-refractivity contribution in [1.29, 1.82) is 0 Å². The number of hydroxylamine groups is 2. The Hall–Kier alpha value is -2.79. The first-order valence-electron chi connectivity index (χ1n) is 8.54. The predicted molar refractivity (Wildman–Crippen MR) is 97.8 cm³/mol. The molecule has 26 heavy (non-hydrogen) atoms. The number of rotatable bonds is 5. The lowest BCUT2D eigenvalue weighted by Gasteiger charge is -2.35. The van der Waals surface area contributed by atoms with Gasteiger partial charge < -0.3 is 9.90 Å². The lowest BCUT2D eigenvalue weighted by Crippen LogP contribution is -2.43. The Bertz CT molecular complexity index is 898. The van der Waals surface area contributed by atoms with Gasteiger partial charge in [-0.25, -0.2) is 0 Å². The van der Waals surface area contributed by atoms with Gasteiger partial charge in [-0.1, -0.05) is 84.9 Å². The molecule has 0 aromatic heterocycles. The van der Waals surface area contributed by atoms with Crippen LogP contribution in [0.1, 0.15) is 28.3 Å². The van der Waals surface area contributed by atoms with Crippen LogP contribution in [0.3, 0.4) is 0 Å². The van der Waals surface area contributed by atoms with E-state index in [1.54, 1.807) is 0 Å². The van der Waals surface area contributed by atoms with E-state index >= 15 is 0 Å². The van der Waals surface area contributed by atoms with Gasteiger partial charge in [-0.3, -0.25) is 4.84 Å². The summed E-state index contributed by atoms with van der Waals surface area (Å²) in [6.07, 6.45) is 0.810. The van der Waals surface area contributed by atoms with Crippen molar-refractivity contribution in [2.45, 2.75) is 18.4 Å². The number of aldehydes is 1. The molecule has 0 amide bonds. The fourth-order valence-corrected chi connectivity index (χ4v) is 3.49. The van der Waals surface area contributed by atoms with Crippen LogP contribution >= 0.6 is 0 Å². The molecule has 4 nitrogen and oxygen atoms in total. The molecule has 0 saturated heterocycles. The molecule has 3 aromatic carbocycles. The van der Waals surface area contributed by atoms with Gasteiger partial charge in [0.25, 0.3) is 0 Å². The second-order valence-electron chi connectivity index (χ2n) is 6.29. The number of nitrogens with zero attached hydrogens (tertiary/aromatic N) is 1. The summed E-state index contributed by atoms with van der Waals surface area (Å²) in [6.45, 7) is 0.258.